The van der Waals surface area contributed by atoms with Gasteiger partial charge in [0, 0.05) is 36.9 Å². The number of halogens is 2. The Hall–Kier alpha value is -3.22. The monoisotopic (exact) mass is 574 g/mol. The number of aliphatic hydroxyl groups is 1. The van der Waals surface area contributed by atoms with E-state index < -0.39 is 10.0 Å². The van der Waals surface area contributed by atoms with Gasteiger partial charge in [0.15, 0.2) is 5.65 Å². The molecule has 3 heterocycles. The molecule has 2 aromatic heterocycles. The molecule has 4 aromatic rings. The molecule has 0 bridgehead atoms. The number of anilines is 1. The molecular weight excluding hydrogens is 551 g/mol. The number of aromatic nitrogens is 3. The molecule has 198 valence electrons. The summed E-state index contributed by atoms with van der Waals surface area (Å²) in [5.41, 5.74) is 2.40. The number of likely N-dealkylation sites (tertiary alicyclic amines) is 1. The summed E-state index contributed by atoms with van der Waals surface area (Å²) in [7, 11) is -3.97. The molecule has 1 unspecified atom stereocenters. The second-order valence-corrected chi connectivity index (χ2v) is 11.3. The topological polar surface area (TPSA) is 140 Å². The minimum absolute atomic E-state index is 0.0204. The molecule has 10 nitrogen and oxygen atoms in total. The Bertz CT molecular complexity index is 1590. The van der Waals surface area contributed by atoms with Gasteiger partial charge in [-0.25, -0.2) is 13.4 Å². The van der Waals surface area contributed by atoms with Crippen LogP contribution in [0.15, 0.2) is 59.6 Å². The molecule has 1 saturated heterocycles. The Morgan fingerprint density at radius 2 is 1.97 bits per heavy atom. The highest BCUT2D eigenvalue weighted by Crippen LogP contribution is 2.31. The van der Waals surface area contributed by atoms with Gasteiger partial charge in [-0.15, -0.1) is 0 Å². The van der Waals surface area contributed by atoms with Crippen molar-refractivity contribution in [2.75, 3.05) is 31.0 Å². The van der Waals surface area contributed by atoms with E-state index in [0.717, 1.165) is 13.0 Å². The number of benzene rings is 2. The van der Waals surface area contributed by atoms with Crippen LogP contribution in [0, 0.1) is 0 Å². The third kappa shape index (κ3) is 5.47. The van der Waals surface area contributed by atoms with Crippen molar-refractivity contribution in [2.45, 2.75) is 17.4 Å². The van der Waals surface area contributed by atoms with Crippen LogP contribution in [0.25, 0.3) is 22.3 Å². The number of hydrogen-bond donors (Lipinski definition) is 4. The number of amides is 1. The number of aromatic amines is 1. The SMILES string of the molecule is O=C(NC1CCN(CCO)C1)c1cc(-c2ccc(NS(=O)(=O)c3cccc(Cl)c3Cl)cc2)nc2[nH]ncc12. The minimum Gasteiger partial charge on any atom is -0.395 e. The predicted molar refractivity (Wildman–Crippen MR) is 146 cm³/mol. The van der Waals surface area contributed by atoms with Crippen molar-refractivity contribution in [3.63, 3.8) is 0 Å². The molecule has 1 aliphatic heterocycles. The molecule has 1 aliphatic rings. The van der Waals surface area contributed by atoms with Crippen LogP contribution in [0.2, 0.25) is 10.0 Å². The van der Waals surface area contributed by atoms with Crippen LogP contribution in [-0.2, 0) is 10.0 Å². The molecule has 13 heteroatoms. The van der Waals surface area contributed by atoms with Crippen molar-refractivity contribution >= 4 is 55.9 Å². The van der Waals surface area contributed by atoms with Gasteiger partial charge < -0.3 is 10.4 Å². The maximum Gasteiger partial charge on any atom is 0.263 e. The number of β-amino-alcohol motifs (C(OH)–C–C–N with tert-alkyl or cyclic N) is 1. The minimum atomic E-state index is -3.97. The fourth-order valence-electron chi connectivity index (χ4n) is 4.43. The Labute approximate surface area is 229 Å². The average Bonchev–Trinajstić information content (AvgIpc) is 3.55. The van der Waals surface area contributed by atoms with E-state index in [1.807, 2.05) is 0 Å². The first-order chi connectivity index (χ1) is 18.2. The molecule has 1 atom stereocenters. The van der Waals surface area contributed by atoms with Gasteiger partial charge in [-0.3, -0.25) is 19.5 Å². The van der Waals surface area contributed by atoms with Crippen LogP contribution in [0.3, 0.4) is 0 Å². The molecule has 0 radical (unpaired) electrons. The highest BCUT2D eigenvalue weighted by molar-refractivity contribution is 7.92. The highest BCUT2D eigenvalue weighted by Gasteiger charge is 2.25. The van der Waals surface area contributed by atoms with E-state index in [9.17, 15) is 13.2 Å². The lowest BCUT2D eigenvalue weighted by atomic mass is 10.1. The van der Waals surface area contributed by atoms with E-state index in [4.69, 9.17) is 28.3 Å². The molecule has 2 aromatic carbocycles. The van der Waals surface area contributed by atoms with Crippen LogP contribution >= 0.6 is 23.2 Å². The molecule has 5 rings (SSSR count). The van der Waals surface area contributed by atoms with Gasteiger partial charge in [-0.1, -0.05) is 41.4 Å². The van der Waals surface area contributed by atoms with E-state index in [1.54, 1.807) is 36.5 Å². The first-order valence-corrected chi connectivity index (χ1v) is 14.0. The van der Waals surface area contributed by atoms with Crippen LogP contribution < -0.4 is 10.0 Å². The molecule has 4 N–H and O–H groups in total. The summed E-state index contributed by atoms with van der Waals surface area (Å²) in [6.45, 7) is 2.15. The number of nitrogens with zero attached hydrogens (tertiary/aromatic N) is 3. The van der Waals surface area contributed by atoms with Crippen LogP contribution in [0.4, 0.5) is 5.69 Å². The number of fused-ring (bicyclic) bond motifs is 1. The van der Waals surface area contributed by atoms with Crippen molar-refractivity contribution < 1.29 is 18.3 Å². The average molecular weight is 575 g/mol. The summed E-state index contributed by atoms with van der Waals surface area (Å²) in [5.74, 6) is -0.237. The fraction of sp³-hybridized carbons (Fsp3) is 0.240. The molecule has 0 spiro atoms. The van der Waals surface area contributed by atoms with Crippen molar-refractivity contribution in [1.29, 1.82) is 0 Å². The zero-order chi connectivity index (χ0) is 26.9. The number of sulfonamides is 1. The van der Waals surface area contributed by atoms with Gasteiger partial charge in [0.2, 0.25) is 0 Å². The normalized spacial score (nSPS) is 16.1. The standard InChI is InChI=1S/C25H24Cl2N6O4S/c26-20-2-1-3-22(23(20)27)38(36,37)32-16-6-4-15(5-7-16)21-12-18(19-13-28-31-24(19)30-21)25(35)29-17-8-9-33(14-17)10-11-34/h1-7,12-13,17,32,34H,8-11,14H2,(H,29,35)(H,28,30,31). The zero-order valence-corrected chi connectivity index (χ0v) is 22.3. The first kappa shape index (κ1) is 26.4. The number of carbonyl (C=O) groups excluding carboxylic acids is 1. The van der Waals surface area contributed by atoms with Gasteiger partial charge in [0.25, 0.3) is 15.9 Å². The van der Waals surface area contributed by atoms with Crippen molar-refractivity contribution in [2.24, 2.45) is 0 Å². The quantitative estimate of drug-likeness (QED) is 0.252. The summed E-state index contributed by atoms with van der Waals surface area (Å²) < 4.78 is 28.2. The van der Waals surface area contributed by atoms with Crippen molar-refractivity contribution in [1.82, 2.24) is 25.4 Å². The summed E-state index contributed by atoms with van der Waals surface area (Å²) in [5, 5.41) is 19.8. The largest absolute Gasteiger partial charge is 0.395 e. The zero-order valence-electron chi connectivity index (χ0n) is 20.0. The molecule has 0 aliphatic carbocycles. The lowest BCUT2D eigenvalue weighted by molar-refractivity contribution is 0.0939. The number of nitrogens with one attached hydrogen (secondary N) is 3. The number of rotatable bonds is 8. The third-order valence-electron chi connectivity index (χ3n) is 6.33. The summed E-state index contributed by atoms with van der Waals surface area (Å²) in [4.78, 5) is 19.8. The van der Waals surface area contributed by atoms with Crippen molar-refractivity contribution in [3.8, 4) is 11.3 Å². The number of aliphatic hydroxyl groups excluding tert-OH is 1. The molecule has 38 heavy (non-hydrogen) atoms. The Balaban J connectivity index is 1.37. The second-order valence-electron chi connectivity index (χ2n) is 8.91. The maximum atomic E-state index is 13.2. The van der Waals surface area contributed by atoms with E-state index in [1.165, 1.54) is 18.2 Å². The number of hydrogen-bond acceptors (Lipinski definition) is 7. The third-order valence-corrected chi connectivity index (χ3v) is 8.68. The smallest absolute Gasteiger partial charge is 0.263 e. The summed E-state index contributed by atoms with van der Waals surface area (Å²) in [6, 6.07) is 12.7. The van der Waals surface area contributed by atoms with E-state index in [0.29, 0.717) is 46.6 Å². The maximum absolute atomic E-state index is 13.2. The van der Waals surface area contributed by atoms with Crippen LogP contribution in [0.5, 0.6) is 0 Å². The molecule has 1 fully saturated rings. The first-order valence-electron chi connectivity index (χ1n) is 11.8. The summed E-state index contributed by atoms with van der Waals surface area (Å²) in [6.07, 6.45) is 2.36. The highest BCUT2D eigenvalue weighted by atomic mass is 35.5. The van der Waals surface area contributed by atoms with Gasteiger partial charge in [-0.2, -0.15) is 5.10 Å². The predicted octanol–water partition coefficient (Wildman–Crippen LogP) is 3.53. The Morgan fingerprint density at radius 1 is 1.18 bits per heavy atom. The van der Waals surface area contributed by atoms with Crippen molar-refractivity contribution in [3.05, 3.63) is 70.3 Å². The fourth-order valence-corrected chi connectivity index (χ4v) is 6.25. The molecule has 1 amide bonds. The number of pyridine rings is 1. The second kappa shape index (κ2) is 10.9. The van der Waals surface area contributed by atoms with Gasteiger partial charge >= 0.3 is 0 Å². The van der Waals surface area contributed by atoms with Crippen LogP contribution in [0.1, 0.15) is 16.8 Å². The van der Waals surface area contributed by atoms with E-state index in [2.05, 4.69) is 30.1 Å². The molecule has 0 saturated carbocycles. The van der Waals surface area contributed by atoms with E-state index >= 15 is 0 Å². The number of carbonyl (C=O) groups is 1. The Morgan fingerprint density at radius 3 is 2.74 bits per heavy atom. The van der Waals surface area contributed by atoms with Gasteiger partial charge in [0.05, 0.1) is 39.5 Å². The van der Waals surface area contributed by atoms with Gasteiger partial charge in [-0.05, 0) is 36.8 Å². The van der Waals surface area contributed by atoms with Crippen LogP contribution in [-0.4, -0.2) is 71.8 Å². The number of H-pyrrole nitrogens is 1. The Kier molecular flexibility index (Phi) is 7.55. The summed E-state index contributed by atoms with van der Waals surface area (Å²) >= 11 is 12.1. The van der Waals surface area contributed by atoms with Gasteiger partial charge in [0.1, 0.15) is 4.90 Å². The van der Waals surface area contributed by atoms with E-state index in [-0.39, 0.29) is 33.5 Å². The lowest BCUT2D eigenvalue weighted by Gasteiger charge is -2.16. The molecular formula is C25H24Cl2N6O4S. The lowest BCUT2D eigenvalue weighted by Crippen LogP contribution is -2.37.